The van der Waals surface area contributed by atoms with E-state index >= 15 is 0 Å². The normalized spacial score (nSPS) is 14.5. The van der Waals surface area contributed by atoms with Crippen molar-refractivity contribution in [2.24, 2.45) is 0 Å². The molecule has 4 rings (SSSR count). The van der Waals surface area contributed by atoms with Crippen LogP contribution < -0.4 is 4.90 Å². The molecule has 0 N–H and O–H groups in total. The number of rotatable bonds is 5. The van der Waals surface area contributed by atoms with Gasteiger partial charge in [-0.2, -0.15) is 36.9 Å². The Hall–Kier alpha value is -3.33. The first kappa shape index (κ1) is 32.2. The first-order valence-corrected chi connectivity index (χ1v) is 14.1. The molecule has 1 saturated heterocycles. The Morgan fingerprint density at radius 3 is 1.93 bits per heavy atom. The monoisotopic (exact) mass is 631 g/mol. The lowest BCUT2D eigenvalue weighted by atomic mass is 10.2. The highest BCUT2D eigenvalue weighted by Crippen LogP contribution is 2.42. The van der Waals surface area contributed by atoms with E-state index in [0.29, 0.717) is 29.8 Å². The van der Waals surface area contributed by atoms with Gasteiger partial charge in [-0.15, -0.1) is 23.5 Å². The van der Waals surface area contributed by atoms with E-state index in [4.69, 9.17) is 5.26 Å². The summed E-state index contributed by atoms with van der Waals surface area (Å²) in [5, 5.41) is 18.4. The van der Waals surface area contributed by atoms with E-state index < -0.39 is 35.1 Å². The Bertz CT molecular complexity index is 1480. The summed E-state index contributed by atoms with van der Waals surface area (Å²) in [6.07, 6.45) is -9.06. The summed E-state index contributed by atoms with van der Waals surface area (Å²) in [5.41, 5.74) is -0.975. The SMILES string of the molecule is N#CC(Sc1cc(C(F)(F)F)ccc1F)=C1SCCN1c1ccccc1.N#CCSc1cc(C(F)(F)F)ccc1F. The molecule has 0 bridgehead atoms. The van der Waals surface area contributed by atoms with E-state index in [1.54, 1.807) is 6.07 Å². The zero-order chi connectivity index (χ0) is 30.2. The number of hydrogen-bond donors (Lipinski definition) is 0. The predicted octanol–water partition coefficient (Wildman–Crippen LogP) is 9.34. The Kier molecular flexibility index (Phi) is 11.0. The second-order valence-corrected chi connectivity index (χ2v) is 11.1. The fraction of sp³-hybridized carbons (Fsp3) is 0.185. The molecule has 1 fully saturated rings. The minimum Gasteiger partial charge on any atom is -0.334 e. The van der Waals surface area contributed by atoms with Gasteiger partial charge in [0.2, 0.25) is 0 Å². The molecule has 41 heavy (non-hydrogen) atoms. The van der Waals surface area contributed by atoms with E-state index in [0.717, 1.165) is 53.2 Å². The van der Waals surface area contributed by atoms with Crippen molar-refractivity contribution in [3.63, 3.8) is 0 Å². The summed E-state index contributed by atoms with van der Waals surface area (Å²) in [7, 11) is 0. The predicted molar refractivity (Wildman–Crippen MR) is 144 cm³/mol. The number of nitriles is 2. The Labute approximate surface area is 242 Å². The zero-order valence-corrected chi connectivity index (χ0v) is 23.0. The molecule has 214 valence electrons. The molecule has 3 aromatic carbocycles. The minimum absolute atomic E-state index is 0.0851. The van der Waals surface area contributed by atoms with Crippen molar-refractivity contribution < 1.29 is 35.1 Å². The summed E-state index contributed by atoms with van der Waals surface area (Å²) < 4.78 is 102. The number of nitrogens with zero attached hydrogens (tertiary/aromatic N) is 3. The molecule has 0 radical (unpaired) electrons. The Morgan fingerprint density at radius 2 is 1.39 bits per heavy atom. The van der Waals surface area contributed by atoms with Crippen molar-refractivity contribution in [2.75, 3.05) is 23.0 Å². The average molecular weight is 632 g/mol. The fourth-order valence-electron chi connectivity index (χ4n) is 3.34. The highest BCUT2D eigenvalue weighted by molar-refractivity contribution is 8.07. The van der Waals surface area contributed by atoms with E-state index in [1.165, 1.54) is 11.8 Å². The quantitative estimate of drug-likeness (QED) is 0.159. The largest absolute Gasteiger partial charge is 0.416 e. The van der Waals surface area contributed by atoms with Crippen molar-refractivity contribution in [1.82, 2.24) is 0 Å². The van der Waals surface area contributed by atoms with E-state index in [-0.39, 0.29) is 20.4 Å². The number of allylic oxidation sites excluding steroid dienone is 1. The maximum Gasteiger partial charge on any atom is 0.416 e. The number of benzene rings is 3. The van der Waals surface area contributed by atoms with Gasteiger partial charge in [-0.25, -0.2) is 8.78 Å². The number of anilines is 1. The van der Waals surface area contributed by atoms with Crippen LogP contribution in [-0.4, -0.2) is 18.1 Å². The van der Waals surface area contributed by atoms with Gasteiger partial charge in [0.25, 0.3) is 0 Å². The number of thioether (sulfide) groups is 3. The first-order valence-electron chi connectivity index (χ1n) is 11.4. The van der Waals surface area contributed by atoms with Crippen LogP contribution in [0.4, 0.5) is 40.8 Å². The first-order chi connectivity index (χ1) is 19.3. The third-order valence-corrected chi connectivity index (χ3v) is 8.32. The van der Waals surface area contributed by atoms with Crippen LogP contribution in [0.1, 0.15) is 11.1 Å². The van der Waals surface area contributed by atoms with Gasteiger partial charge in [0, 0.05) is 27.8 Å². The van der Waals surface area contributed by atoms with Gasteiger partial charge in [0.15, 0.2) is 0 Å². The van der Waals surface area contributed by atoms with Crippen LogP contribution in [-0.2, 0) is 12.4 Å². The molecule has 0 spiro atoms. The smallest absolute Gasteiger partial charge is 0.334 e. The molecule has 0 aromatic heterocycles. The van der Waals surface area contributed by atoms with Gasteiger partial charge in [0.1, 0.15) is 27.6 Å². The molecule has 14 heteroatoms. The van der Waals surface area contributed by atoms with Gasteiger partial charge in [0.05, 0.1) is 22.9 Å². The van der Waals surface area contributed by atoms with Crippen molar-refractivity contribution in [3.8, 4) is 12.1 Å². The van der Waals surface area contributed by atoms with Gasteiger partial charge in [-0.1, -0.05) is 30.0 Å². The second-order valence-electron chi connectivity index (χ2n) is 7.92. The van der Waals surface area contributed by atoms with Gasteiger partial charge < -0.3 is 4.90 Å². The highest BCUT2D eigenvalue weighted by atomic mass is 32.2. The number of hydrogen-bond acceptors (Lipinski definition) is 6. The van der Waals surface area contributed by atoms with Gasteiger partial charge in [-0.05, 0) is 48.5 Å². The third kappa shape index (κ3) is 8.83. The number of alkyl halides is 6. The molecule has 1 heterocycles. The minimum atomic E-state index is -4.57. The summed E-state index contributed by atoms with van der Waals surface area (Å²) in [4.78, 5) is 1.71. The summed E-state index contributed by atoms with van der Waals surface area (Å²) in [5.74, 6) is -0.881. The Morgan fingerprint density at radius 1 is 0.829 bits per heavy atom. The molecule has 0 aliphatic carbocycles. The average Bonchev–Trinajstić information content (AvgIpc) is 3.41. The molecule has 0 atom stereocenters. The second kappa shape index (κ2) is 14.0. The Balaban J connectivity index is 0.000000263. The van der Waals surface area contributed by atoms with Crippen LogP contribution in [0.3, 0.4) is 0 Å². The molecule has 0 amide bonds. The van der Waals surface area contributed by atoms with Crippen LogP contribution in [0, 0.1) is 34.3 Å². The summed E-state index contributed by atoms with van der Waals surface area (Å²) in [6.45, 7) is 0.667. The molecule has 0 unspecified atom stereocenters. The van der Waals surface area contributed by atoms with Crippen molar-refractivity contribution >= 4 is 41.0 Å². The maximum absolute atomic E-state index is 14.0. The van der Waals surface area contributed by atoms with Crippen LogP contribution >= 0.6 is 35.3 Å². The van der Waals surface area contributed by atoms with Crippen LogP contribution in [0.2, 0.25) is 0 Å². The van der Waals surface area contributed by atoms with Gasteiger partial charge in [-0.3, -0.25) is 0 Å². The van der Waals surface area contributed by atoms with E-state index in [2.05, 4.69) is 0 Å². The molecule has 1 aliphatic heterocycles. The topological polar surface area (TPSA) is 50.8 Å². The van der Waals surface area contributed by atoms with Crippen molar-refractivity contribution in [3.05, 3.63) is 99.4 Å². The maximum atomic E-state index is 14.0. The van der Waals surface area contributed by atoms with E-state index in [9.17, 15) is 40.4 Å². The van der Waals surface area contributed by atoms with Gasteiger partial charge >= 0.3 is 12.4 Å². The molecule has 0 saturated carbocycles. The fourth-order valence-corrected chi connectivity index (χ4v) is 6.09. The van der Waals surface area contributed by atoms with Crippen molar-refractivity contribution in [1.29, 1.82) is 10.5 Å². The highest BCUT2D eigenvalue weighted by Gasteiger charge is 2.32. The lowest BCUT2D eigenvalue weighted by Crippen LogP contribution is -2.17. The van der Waals surface area contributed by atoms with Crippen LogP contribution in [0.15, 0.2) is 86.5 Å². The van der Waals surface area contributed by atoms with Crippen LogP contribution in [0.5, 0.6) is 0 Å². The standard InChI is InChI=1S/C18H12F4N2S2.C9H5F4NS/c19-14-7-6-12(18(20,21)22)10-15(14)26-16(11-23)17-24(8-9-25-17)13-4-2-1-3-5-13;10-7-2-1-6(9(11,12)13)5-8(7)15-4-3-14/h1-7,10H,8-9H2;1-2,5H,4H2. The third-order valence-electron chi connectivity index (χ3n) is 5.18. The number of para-hydroxylation sites is 1. The molecular weight excluding hydrogens is 615 g/mol. The molecule has 1 aliphatic rings. The number of halogens is 8. The zero-order valence-electron chi connectivity index (χ0n) is 20.6. The molecular formula is C27H17F8N3S3. The summed E-state index contributed by atoms with van der Waals surface area (Å²) in [6, 6.07) is 17.4. The van der Waals surface area contributed by atoms with Crippen molar-refractivity contribution in [2.45, 2.75) is 22.1 Å². The molecule has 3 nitrogen and oxygen atoms in total. The summed E-state index contributed by atoms with van der Waals surface area (Å²) >= 11 is 2.89. The lowest BCUT2D eigenvalue weighted by Gasteiger charge is -2.20. The lowest BCUT2D eigenvalue weighted by molar-refractivity contribution is -0.138. The van der Waals surface area contributed by atoms with E-state index in [1.807, 2.05) is 41.3 Å². The van der Waals surface area contributed by atoms with Crippen LogP contribution in [0.25, 0.3) is 0 Å². The molecule has 3 aromatic rings.